The molecule has 34 heavy (non-hydrogen) atoms. The number of phenols is 1. The van der Waals surface area contributed by atoms with Crippen LogP contribution in [0.5, 0.6) is 11.8 Å². The van der Waals surface area contributed by atoms with Gasteiger partial charge in [-0.25, -0.2) is 14.4 Å². The zero-order valence-corrected chi connectivity index (χ0v) is 19.3. The number of hydrogen-bond acceptors (Lipinski definition) is 8. The number of phenolic OH excluding ortho intramolecular Hbond substituents is 1. The molecule has 3 aromatic heterocycles. The number of imidazole rings is 1. The Kier molecular flexibility index (Phi) is 7.07. The first-order chi connectivity index (χ1) is 16.4. The lowest BCUT2D eigenvalue weighted by molar-refractivity contribution is 0.314. The number of benzene rings is 1. The molecule has 1 aromatic carbocycles. The molecule has 0 radical (unpaired) electrons. The van der Waals surface area contributed by atoms with Gasteiger partial charge in [-0.05, 0) is 51.2 Å². The number of halogens is 1. The molecular formula is C24H26FN7O2. The zero-order valence-electron chi connectivity index (χ0n) is 19.3. The smallest absolute Gasteiger partial charge is 0.320 e. The predicted octanol–water partition coefficient (Wildman–Crippen LogP) is 3.83. The highest BCUT2D eigenvalue weighted by Crippen LogP contribution is 2.31. The quantitative estimate of drug-likeness (QED) is 0.376. The molecule has 9 nitrogen and oxygen atoms in total. The van der Waals surface area contributed by atoms with Gasteiger partial charge in [-0.1, -0.05) is 12.1 Å². The third kappa shape index (κ3) is 5.34. The summed E-state index contributed by atoms with van der Waals surface area (Å²) in [4.78, 5) is 24.4. The van der Waals surface area contributed by atoms with E-state index in [-0.39, 0.29) is 11.8 Å². The standard InChI is InChI=1S/C24H26FN7O2/c1-4-34-24-29-21(27-10-5-11-31(2)3)20-23(30-24)32(15-16-6-8-19(33)9-7-16)22(28-20)17-12-18(25)14-26-13-17/h6-10,12-14,33H,4-5,11,15H2,1-3H3/b27-10-. The van der Waals surface area contributed by atoms with E-state index in [9.17, 15) is 9.50 Å². The zero-order chi connectivity index (χ0) is 24.1. The van der Waals surface area contributed by atoms with Crippen LogP contribution < -0.4 is 4.74 Å². The van der Waals surface area contributed by atoms with Crippen molar-refractivity contribution in [1.29, 1.82) is 0 Å². The first kappa shape index (κ1) is 23.2. The number of aromatic nitrogens is 5. The molecule has 3 heterocycles. The lowest BCUT2D eigenvalue weighted by atomic mass is 10.2. The monoisotopic (exact) mass is 463 g/mol. The van der Waals surface area contributed by atoms with Crippen molar-refractivity contribution >= 4 is 23.2 Å². The number of aromatic hydroxyl groups is 1. The van der Waals surface area contributed by atoms with Crippen LogP contribution in [-0.4, -0.2) is 68.0 Å². The normalized spacial score (nSPS) is 11.7. The number of rotatable bonds is 9. The molecule has 4 rings (SSSR count). The van der Waals surface area contributed by atoms with Crippen molar-refractivity contribution in [3.05, 3.63) is 54.1 Å². The summed E-state index contributed by atoms with van der Waals surface area (Å²) in [5.41, 5.74) is 2.38. The number of nitrogens with zero attached hydrogens (tertiary/aromatic N) is 7. The van der Waals surface area contributed by atoms with E-state index in [1.165, 1.54) is 6.07 Å². The van der Waals surface area contributed by atoms with Crippen LogP contribution in [0.15, 0.2) is 47.7 Å². The van der Waals surface area contributed by atoms with E-state index >= 15 is 0 Å². The van der Waals surface area contributed by atoms with Crippen molar-refractivity contribution in [1.82, 2.24) is 29.4 Å². The molecule has 0 bridgehead atoms. The molecule has 0 unspecified atom stereocenters. The fraction of sp³-hybridized carbons (Fsp3) is 0.292. The summed E-state index contributed by atoms with van der Waals surface area (Å²) in [6.45, 7) is 3.45. The second-order valence-electron chi connectivity index (χ2n) is 7.92. The minimum Gasteiger partial charge on any atom is -0.508 e. The van der Waals surface area contributed by atoms with E-state index < -0.39 is 5.82 Å². The molecule has 0 atom stereocenters. The van der Waals surface area contributed by atoms with Gasteiger partial charge in [-0.15, -0.1) is 0 Å². The van der Waals surface area contributed by atoms with Gasteiger partial charge in [-0.2, -0.15) is 9.97 Å². The Morgan fingerprint density at radius 1 is 1.15 bits per heavy atom. The molecule has 0 saturated carbocycles. The minimum absolute atomic E-state index is 0.170. The Labute approximate surface area is 196 Å². The van der Waals surface area contributed by atoms with E-state index in [0.717, 1.165) is 24.7 Å². The van der Waals surface area contributed by atoms with Gasteiger partial charge in [0, 0.05) is 24.5 Å². The summed E-state index contributed by atoms with van der Waals surface area (Å²) in [6.07, 6.45) is 5.22. The number of hydrogen-bond donors (Lipinski definition) is 1. The number of pyridine rings is 1. The Morgan fingerprint density at radius 3 is 2.65 bits per heavy atom. The van der Waals surface area contributed by atoms with Crippen molar-refractivity contribution in [2.75, 3.05) is 27.2 Å². The summed E-state index contributed by atoms with van der Waals surface area (Å²) < 4.78 is 21.5. The molecule has 0 aliphatic carbocycles. The lowest BCUT2D eigenvalue weighted by Gasteiger charge is -2.10. The molecule has 10 heteroatoms. The average Bonchev–Trinajstić information content (AvgIpc) is 3.17. The van der Waals surface area contributed by atoms with E-state index in [1.807, 2.05) is 25.6 Å². The highest BCUT2D eigenvalue weighted by molar-refractivity contribution is 5.87. The largest absolute Gasteiger partial charge is 0.508 e. The topological polar surface area (TPSA) is 102 Å². The Morgan fingerprint density at radius 2 is 1.94 bits per heavy atom. The number of fused-ring (bicyclic) bond motifs is 1. The molecule has 0 amide bonds. The van der Waals surface area contributed by atoms with Crippen LogP contribution in [0.25, 0.3) is 22.6 Å². The van der Waals surface area contributed by atoms with Gasteiger partial charge < -0.3 is 19.3 Å². The van der Waals surface area contributed by atoms with Crippen molar-refractivity contribution in [2.45, 2.75) is 19.9 Å². The Hall–Kier alpha value is -3.92. The fourth-order valence-electron chi connectivity index (χ4n) is 3.41. The highest BCUT2D eigenvalue weighted by Gasteiger charge is 2.20. The third-order valence-electron chi connectivity index (χ3n) is 4.99. The second-order valence-corrected chi connectivity index (χ2v) is 7.92. The molecule has 0 aliphatic rings. The van der Waals surface area contributed by atoms with E-state index in [1.54, 1.807) is 36.7 Å². The van der Waals surface area contributed by atoms with Crippen LogP contribution in [0.4, 0.5) is 10.2 Å². The molecular weight excluding hydrogens is 437 g/mol. The van der Waals surface area contributed by atoms with E-state index in [2.05, 4.69) is 24.8 Å². The summed E-state index contributed by atoms with van der Waals surface area (Å²) in [7, 11) is 3.99. The summed E-state index contributed by atoms with van der Waals surface area (Å²) in [6, 6.07) is 8.39. The van der Waals surface area contributed by atoms with Crippen LogP contribution in [0.3, 0.4) is 0 Å². The van der Waals surface area contributed by atoms with Gasteiger partial charge in [-0.3, -0.25) is 4.98 Å². The number of ether oxygens (including phenoxy) is 1. The highest BCUT2D eigenvalue weighted by atomic mass is 19.1. The van der Waals surface area contributed by atoms with Gasteiger partial charge in [0.05, 0.1) is 19.3 Å². The first-order valence-electron chi connectivity index (χ1n) is 10.9. The first-order valence-corrected chi connectivity index (χ1v) is 10.9. The van der Waals surface area contributed by atoms with Crippen LogP contribution in [0, 0.1) is 5.82 Å². The molecule has 0 fully saturated rings. The maximum absolute atomic E-state index is 14.0. The number of aliphatic imine (C=N–C) groups is 1. The fourth-order valence-corrected chi connectivity index (χ4v) is 3.41. The van der Waals surface area contributed by atoms with Gasteiger partial charge >= 0.3 is 6.01 Å². The van der Waals surface area contributed by atoms with Crippen molar-refractivity contribution < 1.29 is 14.2 Å². The van der Waals surface area contributed by atoms with Gasteiger partial charge in [0.25, 0.3) is 0 Å². The Bertz CT molecular complexity index is 1300. The van der Waals surface area contributed by atoms with E-state index in [4.69, 9.17) is 9.72 Å². The maximum Gasteiger partial charge on any atom is 0.320 e. The van der Waals surface area contributed by atoms with Crippen LogP contribution in [0.1, 0.15) is 18.9 Å². The van der Waals surface area contributed by atoms with Gasteiger partial charge in [0.2, 0.25) is 0 Å². The second kappa shape index (κ2) is 10.3. The minimum atomic E-state index is -0.469. The molecule has 0 spiro atoms. The van der Waals surface area contributed by atoms with Gasteiger partial charge in [0.1, 0.15) is 17.4 Å². The molecule has 1 N–H and O–H groups in total. The summed E-state index contributed by atoms with van der Waals surface area (Å²) in [5.74, 6) is 0.554. The third-order valence-corrected chi connectivity index (χ3v) is 4.99. The average molecular weight is 464 g/mol. The molecule has 4 aromatic rings. The SMILES string of the molecule is CCOc1nc(/N=C\CCN(C)C)c2nc(-c3cncc(F)c3)n(Cc3ccc(O)cc3)c2n1. The summed E-state index contributed by atoms with van der Waals surface area (Å²) >= 11 is 0. The molecule has 0 saturated heterocycles. The van der Waals surface area contributed by atoms with Crippen molar-refractivity contribution in [3.63, 3.8) is 0 Å². The van der Waals surface area contributed by atoms with Crippen molar-refractivity contribution in [2.24, 2.45) is 4.99 Å². The molecule has 176 valence electrons. The van der Waals surface area contributed by atoms with Crippen LogP contribution in [0.2, 0.25) is 0 Å². The van der Waals surface area contributed by atoms with Crippen molar-refractivity contribution in [3.8, 4) is 23.1 Å². The maximum atomic E-state index is 14.0. The molecule has 0 aliphatic heterocycles. The van der Waals surface area contributed by atoms with Crippen LogP contribution >= 0.6 is 0 Å². The van der Waals surface area contributed by atoms with Crippen LogP contribution in [-0.2, 0) is 6.54 Å². The van der Waals surface area contributed by atoms with E-state index in [0.29, 0.717) is 41.5 Å². The Balaban J connectivity index is 1.89. The summed E-state index contributed by atoms with van der Waals surface area (Å²) in [5, 5.41) is 9.66. The predicted molar refractivity (Wildman–Crippen MR) is 128 cm³/mol. The lowest BCUT2D eigenvalue weighted by Crippen LogP contribution is -2.12. The van der Waals surface area contributed by atoms with Gasteiger partial charge in [0.15, 0.2) is 17.0 Å².